The van der Waals surface area contributed by atoms with Gasteiger partial charge in [0.05, 0.1) is 0 Å². The predicted octanol–water partition coefficient (Wildman–Crippen LogP) is 18.0. The summed E-state index contributed by atoms with van der Waals surface area (Å²) in [4.78, 5) is 12.9. The fourth-order valence-corrected chi connectivity index (χ4v) is 13.7. The summed E-state index contributed by atoms with van der Waals surface area (Å²) in [6, 6.07) is 0. The van der Waals surface area contributed by atoms with Crippen LogP contribution >= 0.6 is 0 Å². The van der Waals surface area contributed by atoms with Gasteiger partial charge in [-0.3, -0.25) is 4.79 Å². The highest BCUT2D eigenvalue weighted by Gasteiger charge is 2.59. The van der Waals surface area contributed by atoms with Crippen molar-refractivity contribution in [2.75, 3.05) is 0 Å². The number of allylic oxidation sites excluding steroid dienone is 1. The van der Waals surface area contributed by atoms with Crippen LogP contribution in [0, 0.1) is 52.3 Å². The molecule has 2 heteroatoms. The first-order chi connectivity index (χ1) is 27.6. The molecule has 0 N–H and O–H groups in total. The third-order valence-electron chi connectivity index (χ3n) is 17.6. The van der Waals surface area contributed by atoms with Crippen molar-refractivity contribution in [3.63, 3.8) is 0 Å². The van der Waals surface area contributed by atoms with Gasteiger partial charge in [-0.25, -0.2) is 0 Å². The minimum absolute atomic E-state index is 0.0691. The largest absolute Gasteiger partial charge is 0.462 e. The van der Waals surface area contributed by atoms with Gasteiger partial charge < -0.3 is 4.74 Å². The Kier molecular flexibility index (Phi) is 22.7. The number of carbonyl (C=O) groups excluding carboxylic acids is 1. The molecular formula is C55H100O2. The van der Waals surface area contributed by atoms with Crippen molar-refractivity contribution in [3.05, 3.63) is 11.6 Å². The zero-order valence-corrected chi connectivity index (χ0v) is 39.8. The summed E-state index contributed by atoms with van der Waals surface area (Å²) >= 11 is 0. The molecule has 9 atom stereocenters. The van der Waals surface area contributed by atoms with Crippen molar-refractivity contribution in [3.8, 4) is 0 Å². The van der Waals surface area contributed by atoms with E-state index in [2.05, 4.69) is 54.5 Å². The molecule has 0 bridgehead atoms. The molecule has 0 aromatic heterocycles. The summed E-state index contributed by atoms with van der Waals surface area (Å²) in [7, 11) is 0. The van der Waals surface area contributed by atoms with Gasteiger partial charge in [0.2, 0.25) is 0 Å². The summed E-state index contributed by atoms with van der Waals surface area (Å²) < 4.78 is 6.18. The van der Waals surface area contributed by atoms with Gasteiger partial charge in [0.1, 0.15) is 6.10 Å². The van der Waals surface area contributed by atoms with Gasteiger partial charge in [-0.15, -0.1) is 0 Å². The van der Waals surface area contributed by atoms with E-state index in [1.807, 2.05) is 0 Å². The van der Waals surface area contributed by atoms with Gasteiger partial charge in [-0.05, 0) is 110 Å². The van der Waals surface area contributed by atoms with Gasteiger partial charge >= 0.3 is 5.97 Å². The Labute approximate surface area is 357 Å². The van der Waals surface area contributed by atoms with Crippen LogP contribution in [0.3, 0.4) is 0 Å². The van der Waals surface area contributed by atoms with Crippen LogP contribution in [0.15, 0.2) is 11.6 Å². The maximum Gasteiger partial charge on any atom is 0.306 e. The van der Waals surface area contributed by atoms with Crippen LogP contribution in [0.4, 0.5) is 0 Å². The van der Waals surface area contributed by atoms with Gasteiger partial charge in [0.15, 0.2) is 0 Å². The molecule has 0 aliphatic heterocycles. The second kappa shape index (κ2) is 26.5. The number of fused-ring (bicyclic) bond motifs is 5. The average molecular weight is 793 g/mol. The van der Waals surface area contributed by atoms with Gasteiger partial charge in [0, 0.05) is 12.8 Å². The SMILES string of the molecule is CCCCCCCCCCCCCCCCCCCCCCCCCC(=O)OC1CCC2(C)C(=CCC3C2CCC2(C)C(C(C)CCC(CC)C(C)C)CCC32)C1. The number of rotatable bonds is 31. The van der Waals surface area contributed by atoms with Crippen LogP contribution in [0.1, 0.15) is 273 Å². The van der Waals surface area contributed by atoms with Crippen LogP contribution < -0.4 is 0 Å². The summed E-state index contributed by atoms with van der Waals surface area (Å²) in [5.41, 5.74) is 2.52. The fraction of sp³-hybridized carbons (Fsp3) is 0.945. The highest BCUT2D eigenvalue weighted by molar-refractivity contribution is 5.69. The zero-order chi connectivity index (χ0) is 40.9. The van der Waals surface area contributed by atoms with Crippen molar-refractivity contribution >= 4 is 5.97 Å². The normalized spacial score (nSPS) is 29.4. The molecule has 0 radical (unpaired) electrons. The van der Waals surface area contributed by atoms with E-state index in [0.29, 0.717) is 17.3 Å². The summed E-state index contributed by atoms with van der Waals surface area (Å²) in [5.74, 6) is 6.17. The van der Waals surface area contributed by atoms with Crippen molar-refractivity contribution < 1.29 is 9.53 Å². The summed E-state index contributed by atoms with van der Waals surface area (Å²) in [6.45, 7) is 17.5. The van der Waals surface area contributed by atoms with Crippen LogP contribution in [0.5, 0.6) is 0 Å². The minimum atomic E-state index is 0.0691. The molecule has 3 fully saturated rings. The molecule has 57 heavy (non-hydrogen) atoms. The molecular weight excluding hydrogens is 693 g/mol. The Hall–Kier alpha value is -0.790. The van der Waals surface area contributed by atoms with E-state index in [4.69, 9.17) is 4.74 Å². The van der Waals surface area contributed by atoms with Gasteiger partial charge in [-0.2, -0.15) is 0 Å². The van der Waals surface area contributed by atoms with E-state index in [1.54, 1.807) is 5.57 Å². The zero-order valence-electron chi connectivity index (χ0n) is 39.8. The Morgan fingerprint density at radius 3 is 1.68 bits per heavy atom. The first kappa shape index (κ1) is 48.9. The molecule has 4 aliphatic carbocycles. The Morgan fingerprint density at radius 1 is 0.649 bits per heavy atom. The predicted molar refractivity (Wildman–Crippen MR) is 249 cm³/mol. The third kappa shape index (κ3) is 15.3. The number of esters is 1. The number of hydrogen-bond acceptors (Lipinski definition) is 2. The molecule has 0 amide bonds. The molecule has 0 saturated heterocycles. The standard InChI is InChI=1S/C55H100O2/c1-8-10-11-12-13-14-15-16-17-18-19-20-21-22-23-24-25-26-27-28-29-30-31-32-53(56)57-48-39-41-54(6)47(43-48)35-36-49-51-38-37-50(55(51,7)42-40-52(49)54)45(5)33-34-46(9-2)44(3)4/h35,44-46,48-52H,8-34,36-43H2,1-7H3. The molecule has 332 valence electrons. The van der Waals surface area contributed by atoms with Crippen molar-refractivity contribution in [2.45, 2.75) is 279 Å². The molecule has 0 heterocycles. The Morgan fingerprint density at radius 2 is 1.18 bits per heavy atom. The van der Waals surface area contributed by atoms with E-state index in [9.17, 15) is 4.79 Å². The minimum Gasteiger partial charge on any atom is -0.462 e. The quantitative estimate of drug-likeness (QED) is 0.0397. The van der Waals surface area contributed by atoms with E-state index in [-0.39, 0.29) is 12.1 Å². The second-order valence-corrected chi connectivity index (χ2v) is 21.8. The monoisotopic (exact) mass is 793 g/mol. The second-order valence-electron chi connectivity index (χ2n) is 21.8. The highest BCUT2D eigenvalue weighted by atomic mass is 16.5. The summed E-state index contributed by atoms with van der Waals surface area (Å²) in [5, 5.41) is 0. The van der Waals surface area contributed by atoms with Crippen molar-refractivity contribution in [1.82, 2.24) is 0 Å². The maximum absolute atomic E-state index is 12.9. The number of carbonyl (C=O) groups is 1. The van der Waals surface area contributed by atoms with Crippen LogP contribution in [-0.2, 0) is 9.53 Å². The smallest absolute Gasteiger partial charge is 0.306 e. The number of hydrogen-bond donors (Lipinski definition) is 0. The van der Waals surface area contributed by atoms with Gasteiger partial charge in [-0.1, -0.05) is 214 Å². The van der Waals surface area contributed by atoms with E-state index >= 15 is 0 Å². The lowest BCUT2D eigenvalue weighted by atomic mass is 9.47. The van der Waals surface area contributed by atoms with Gasteiger partial charge in [0.25, 0.3) is 0 Å². The Balaban J connectivity index is 0.995. The molecule has 0 spiro atoms. The number of unbranched alkanes of at least 4 members (excludes halogenated alkanes) is 22. The molecule has 0 aromatic rings. The Bertz CT molecular complexity index is 1110. The molecule has 4 rings (SSSR count). The van der Waals surface area contributed by atoms with Crippen LogP contribution in [-0.4, -0.2) is 12.1 Å². The molecule has 2 nitrogen and oxygen atoms in total. The average Bonchev–Trinajstić information content (AvgIpc) is 3.55. The van der Waals surface area contributed by atoms with E-state index in [1.165, 1.54) is 199 Å². The molecule has 0 aromatic carbocycles. The lowest BCUT2D eigenvalue weighted by Crippen LogP contribution is -2.51. The first-order valence-corrected chi connectivity index (χ1v) is 26.5. The van der Waals surface area contributed by atoms with Crippen molar-refractivity contribution in [1.29, 1.82) is 0 Å². The van der Waals surface area contributed by atoms with Crippen molar-refractivity contribution in [2.24, 2.45) is 52.3 Å². The summed E-state index contributed by atoms with van der Waals surface area (Å²) in [6.07, 6.45) is 50.2. The topological polar surface area (TPSA) is 26.3 Å². The molecule has 4 aliphatic rings. The molecule has 3 saturated carbocycles. The lowest BCUT2D eigenvalue weighted by Gasteiger charge is -2.58. The third-order valence-corrected chi connectivity index (χ3v) is 17.6. The highest BCUT2D eigenvalue weighted by Crippen LogP contribution is 2.67. The van der Waals surface area contributed by atoms with Crippen LogP contribution in [0.25, 0.3) is 0 Å². The number of ether oxygens (including phenoxy) is 1. The maximum atomic E-state index is 12.9. The molecule has 9 unspecified atom stereocenters. The van der Waals surface area contributed by atoms with E-state index in [0.717, 1.165) is 60.7 Å². The first-order valence-electron chi connectivity index (χ1n) is 26.5. The van der Waals surface area contributed by atoms with Crippen LogP contribution in [0.2, 0.25) is 0 Å². The van der Waals surface area contributed by atoms with E-state index < -0.39 is 0 Å². The lowest BCUT2D eigenvalue weighted by molar-refractivity contribution is -0.151. The fourth-order valence-electron chi connectivity index (χ4n) is 13.7.